The number of nitrogens with zero attached hydrogens (tertiary/aromatic N) is 4. The molecule has 0 radical (unpaired) electrons. The second-order valence-electron chi connectivity index (χ2n) is 7.57. The van der Waals surface area contributed by atoms with Gasteiger partial charge >= 0.3 is 0 Å². The molecule has 1 aromatic heterocycles. The summed E-state index contributed by atoms with van der Waals surface area (Å²) >= 11 is 0. The van der Waals surface area contributed by atoms with Gasteiger partial charge in [0, 0.05) is 46.6 Å². The van der Waals surface area contributed by atoms with Crippen molar-refractivity contribution >= 4 is 27.0 Å². The SMILES string of the molecule is CCCCn1c(CCC(=O)N(C)C(C)C)nc2cc(S(=O)(=O)N(C)C)ccc21. The van der Waals surface area contributed by atoms with Crippen LogP contribution in [0.25, 0.3) is 11.0 Å². The fourth-order valence-corrected chi connectivity index (χ4v) is 3.89. The Kier molecular flexibility index (Phi) is 7.22. The predicted octanol–water partition coefficient (Wildman–Crippen LogP) is 2.89. The van der Waals surface area contributed by atoms with Crippen molar-refractivity contribution in [1.82, 2.24) is 18.8 Å². The number of aromatic nitrogens is 2. The first-order valence-electron chi connectivity index (χ1n) is 9.77. The number of imidazole rings is 1. The van der Waals surface area contributed by atoms with Crippen LogP contribution in [0.3, 0.4) is 0 Å². The lowest BCUT2D eigenvalue weighted by molar-refractivity contribution is -0.131. The average Bonchev–Trinajstić information content (AvgIpc) is 2.99. The summed E-state index contributed by atoms with van der Waals surface area (Å²) in [6.07, 6.45) is 2.95. The Balaban J connectivity index is 2.39. The van der Waals surface area contributed by atoms with Crippen LogP contribution in [0.1, 0.15) is 45.9 Å². The summed E-state index contributed by atoms with van der Waals surface area (Å²) < 4.78 is 28.2. The predicted molar refractivity (Wildman–Crippen MR) is 112 cm³/mol. The van der Waals surface area contributed by atoms with Gasteiger partial charge in [-0.2, -0.15) is 0 Å². The van der Waals surface area contributed by atoms with Crippen LogP contribution in [0.2, 0.25) is 0 Å². The first-order chi connectivity index (χ1) is 13.1. The lowest BCUT2D eigenvalue weighted by Crippen LogP contribution is -2.33. The van der Waals surface area contributed by atoms with Gasteiger partial charge in [-0.05, 0) is 38.5 Å². The first-order valence-corrected chi connectivity index (χ1v) is 11.2. The molecular weight excluding hydrogens is 376 g/mol. The van der Waals surface area contributed by atoms with E-state index in [1.54, 1.807) is 17.0 Å². The van der Waals surface area contributed by atoms with E-state index < -0.39 is 10.0 Å². The van der Waals surface area contributed by atoms with Crippen molar-refractivity contribution in [3.05, 3.63) is 24.0 Å². The first kappa shape index (κ1) is 22.4. The van der Waals surface area contributed by atoms with Crippen molar-refractivity contribution in [3.8, 4) is 0 Å². The molecule has 0 saturated heterocycles. The molecule has 28 heavy (non-hydrogen) atoms. The van der Waals surface area contributed by atoms with Crippen LogP contribution in [-0.2, 0) is 27.8 Å². The number of rotatable bonds is 9. The number of amides is 1. The third kappa shape index (κ3) is 4.72. The molecule has 0 fully saturated rings. The number of hydrogen-bond donors (Lipinski definition) is 0. The highest BCUT2D eigenvalue weighted by Gasteiger charge is 2.20. The molecule has 0 unspecified atom stereocenters. The van der Waals surface area contributed by atoms with Gasteiger partial charge in [-0.3, -0.25) is 4.79 Å². The Bertz CT molecular complexity index is 932. The zero-order chi connectivity index (χ0) is 21.1. The van der Waals surface area contributed by atoms with E-state index in [1.807, 2.05) is 27.0 Å². The summed E-state index contributed by atoms with van der Waals surface area (Å²) in [5.41, 5.74) is 1.56. The molecule has 2 aromatic rings. The molecule has 2 rings (SSSR count). The van der Waals surface area contributed by atoms with Crippen LogP contribution >= 0.6 is 0 Å². The summed E-state index contributed by atoms with van der Waals surface area (Å²) in [7, 11) is 1.33. The molecule has 0 saturated carbocycles. The Morgan fingerprint density at radius 3 is 2.46 bits per heavy atom. The van der Waals surface area contributed by atoms with E-state index in [1.165, 1.54) is 18.4 Å². The maximum atomic E-state index is 12.4. The quantitative estimate of drug-likeness (QED) is 0.639. The van der Waals surface area contributed by atoms with Gasteiger partial charge < -0.3 is 9.47 Å². The van der Waals surface area contributed by atoms with Crippen LogP contribution in [0.5, 0.6) is 0 Å². The summed E-state index contributed by atoms with van der Waals surface area (Å²) in [6.45, 7) is 6.90. The van der Waals surface area contributed by atoms with E-state index in [0.717, 1.165) is 30.7 Å². The number of fused-ring (bicyclic) bond motifs is 1. The minimum Gasteiger partial charge on any atom is -0.343 e. The zero-order valence-corrected chi connectivity index (χ0v) is 18.6. The van der Waals surface area contributed by atoms with Crippen molar-refractivity contribution in [2.75, 3.05) is 21.1 Å². The molecule has 0 spiro atoms. The Labute approximate surface area is 168 Å². The molecule has 1 amide bonds. The summed E-state index contributed by atoms with van der Waals surface area (Å²) in [6, 6.07) is 5.23. The Morgan fingerprint density at radius 1 is 1.21 bits per heavy atom. The van der Waals surface area contributed by atoms with Gasteiger partial charge in [0.1, 0.15) is 5.82 Å². The lowest BCUT2D eigenvalue weighted by atomic mass is 10.2. The highest BCUT2D eigenvalue weighted by atomic mass is 32.2. The van der Waals surface area contributed by atoms with E-state index in [-0.39, 0.29) is 16.8 Å². The number of benzene rings is 1. The fraction of sp³-hybridized carbons (Fsp3) is 0.600. The van der Waals surface area contributed by atoms with E-state index >= 15 is 0 Å². The molecule has 0 aliphatic heterocycles. The molecule has 7 nitrogen and oxygen atoms in total. The third-order valence-corrected chi connectivity index (χ3v) is 6.85. The molecule has 1 aromatic carbocycles. The standard InChI is InChI=1S/C20H32N4O3S/c1-7-8-13-24-18-10-9-16(28(26,27)22(4)5)14-17(18)21-19(24)11-12-20(25)23(6)15(2)3/h9-10,14-15H,7-8,11-13H2,1-6H3. The van der Waals surface area contributed by atoms with Crippen molar-refractivity contribution in [2.45, 2.75) is 63.9 Å². The average molecular weight is 409 g/mol. The molecule has 0 N–H and O–H groups in total. The maximum Gasteiger partial charge on any atom is 0.242 e. The van der Waals surface area contributed by atoms with Crippen LogP contribution in [0.15, 0.2) is 23.1 Å². The second-order valence-corrected chi connectivity index (χ2v) is 9.72. The van der Waals surface area contributed by atoms with Crippen molar-refractivity contribution < 1.29 is 13.2 Å². The summed E-state index contributed by atoms with van der Waals surface area (Å²) in [5, 5.41) is 0. The van der Waals surface area contributed by atoms with Crippen LogP contribution in [0, 0.1) is 0 Å². The van der Waals surface area contributed by atoms with E-state index in [2.05, 4.69) is 16.5 Å². The smallest absolute Gasteiger partial charge is 0.242 e. The number of hydrogen-bond acceptors (Lipinski definition) is 4. The number of carbonyl (C=O) groups excluding carboxylic acids is 1. The van der Waals surface area contributed by atoms with Crippen LogP contribution in [-0.4, -0.2) is 60.3 Å². The summed E-state index contributed by atoms with van der Waals surface area (Å²) in [4.78, 5) is 19.0. The molecule has 0 aliphatic rings. The molecule has 8 heteroatoms. The minimum absolute atomic E-state index is 0.0833. The topological polar surface area (TPSA) is 75.5 Å². The van der Waals surface area contributed by atoms with Gasteiger partial charge in [0.25, 0.3) is 0 Å². The third-order valence-electron chi connectivity index (χ3n) is 5.04. The van der Waals surface area contributed by atoms with Gasteiger partial charge in [0.15, 0.2) is 0 Å². The van der Waals surface area contributed by atoms with Gasteiger partial charge in [-0.15, -0.1) is 0 Å². The highest BCUT2D eigenvalue weighted by Crippen LogP contribution is 2.23. The Hall–Kier alpha value is -1.93. The van der Waals surface area contributed by atoms with E-state index in [9.17, 15) is 13.2 Å². The van der Waals surface area contributed by atoms with Gasteiger partial charge in [-0.25, -0.2) is 17.7 Å². The maximum absolute atomic E-state index is 12.4. The highest BCUT2D eigenvalue weighted by molar-refractivity contribution is 7.89. The number of carbonyl (C=O) groups is 1. The van der Waals surface area contributed by atoms with Crippen molar-refractivity contribution in [3.63, 3.8) is 0 Å². The largest absolute Gasteiger partial charge is 0.343 e. The van der Waals surface area contributed by atoms with Crippen LogP contribution < -0.4 is 0 Å². The molecule has 0 bridgehead atoms. The molecule has 1 heterocycles. The van der Waals surface area contributed by atoms with Gasteiger partial charge in [0.05, 0.1) is 15.9 Å². The molecule has 0 aliphatic carbocycles. The van der Waals surface area contributed by atoms with Crippen LogP contribution in [0.4, 0.5) is 0 Å². The molecule has 0 atom stereocenters. The second kappa shape index (κ2) is 9.05. The van der Waals surface area contributed by atoms with Gasteiger partial charge in [0.2, 0.25) is 15.9 Å². The monoisotopic (exact) mass is 408 g/mol. The fourth-order valence-electron chi connectivity index (χ4n) is 2.97. The molecule has 156 valence electrons. The summed E-state index contributed by atoms with van der Waals surface area (Å²) in [5.74, 6) is 0.910. The minimum atomic E-state index is -3.51. The zero-order valence-electron chi connectivity index (χ0n) is 17.8. The van der Waals surface area contributed by atoms with E-state index in [0.29, 0.717) is 18.4 Å². The molecular formula is C20H32N4O3S. The lowest BCUT2D eigenvalue weighted by Gasteiger charge is -2.21. The van der Waals surface area contributed by atoms with Crippen molar-refractivity contribution in [2.24, 2.45) is 0 Å². The van der Waals surface area contributed by atoms with Crippen molar-refractivity contribution in [1.29, 1.82) is 0 Å². The van der Waals surface area contributed by atoms with Gasteiger partial charge in [-0.1, -0.05) is 13.3 Å². The number of sulfonamides is 1. The number of aryl methyl sites for hydroxylation is 2. The van der Waals surface area contributed by atoms with E-state index in [4.69, 9.17) is 0 Å². The number of unbranched alkanes of at least 4 members (excludes halogenated alkanes) is 1. The normalized spacial score (nSPS) is 12.3. The Morgan fingerprint density at radius 2 is 1.89 bits per heavy atom.